The maximum Gasteiger partial charge on any atom is 0.243 e. The number of anilines is 1. The second-order valence-corrected chi connectivity index (χ2v) is 10.5. The van der Waals surface area contributed by atoms with Gasteiger partial charge in [0.15, 0.2) is 0 Å². The van der Waals surface area contributed by atoms with Crippen LogP contribution < -0.4 is 5.32 Å². The van der Waals surface area contributed by atoms with E-state index in [0.717, 1.165) is 31.4 Å². The van der Waals surface area contributed by atoms with Gasteiger partial charge in [-0.2, -0.15) is 4.31 Å². The van der Waals surface area contributed by atoms with E-state index in [0.29, 0.717) is 18.8 Å². The summed E-state index contributed by atoms with van der Waals surface area (Å²) in [6.45, 7) is 3.04. The molecule has 2 aromatic carbocycles. The van der Waals surface area contributed by atoms with Crippen molar-refractivity contribution in [1.82, 2.24) is 4.31 Å². The molecule has 1 N–H and O–H groups in total. The van der Waals surface area contributed by atoms with Crippen molar-refractivity contribution in [2.75, 3.05) is 18.4 Å². The van der Waals surface area contributed by atoms with Crippen LogP contribution in [-0.2, 0) is 20.6 Å². The Morgan fingerprint density at radius 1 is 1.00 bits per heavy atom. The molecule has 1 unspecified atom stereocenters. The van der Waals surface area contributed by atoms with E-state index in [2.05, 4.69) is 5.32 Å². The molecule has 0 saturated carbocycles. The summed E-state index contributed by atoms with van der Waals surface area (Å²) < 4.78 is 27.3. The summed E-state index contributed by atoms with van der Waals surface area (Å²) in [6.07, 6.45) is 3.98. The molecule has 1 amide bonds. The maximum atomic E-state index is 12.8. The van der Waals surface area contributed by atoms with Gasteiger partial charge in [0.05, 0.1) is 10.1 Å². The van der Waals surface area contributed by atoms with Crippen LogP contribution in [0.15, 0.2) is 59.5 Å². The normalized spacial score (nSPS) is 16.7. The average molecular weight is 433 g/mol. The molecule has 1 aliphatic rings. The van der Waals surface area contributed by atoms with Crippen molar-refractivity contribution in [1.29, 1.82) is 0 Å². The SMILES string of the molecule is CC(SCc1ccccc1)C(=O)Nc1ccc(S(=O)(=O)N2CCCCCC2)cc1. The van der Waals surface area contributed by atoms with Gasteiger partial charge in [-0.3, -0.25) is 4.79 Å². The average Bonchev–Trinajstić information content (AvgIpc) is 3.03. The largest absolute Gasteiger partial charge is 0.325 e. The molecule has 0 aliphatic carbocycles. The fourth-order valence-electron chi connectivity index (χ4n) is 3.26. The molecule has 0 spiro atoms. The minimum Gasteiger partial charge on any atom is -0.325 e. The third-order valence-electron chi connectivity index (χ3n) is 5.04. The van der Waals surface area contributed by atoms with E-state index in [1.165, 1.54) is 5.56 Å². The summed E-state index contributed by atoms with van der Waals surface area (Å²) in [5.74, 6) is 0.677. The number of nitrogens with one attached hydrogen (secondary N) is 1. The molecule has 0 radical (unpaired) electrons. The highest BCUT2D eigenvalue weighted by Gasteiger charge is 2.25. The molecule has 1 atom stereocenters. The first kappa shape index (κ1) is 21.9. The molecule has 2 aromatic rings. The third kappa shape index (κ3) is 6.07. The smallest absolute Gasteiger partial charge is 0.243 e. The lowest BCUT2D eigenvalue weighted by Crippen LogP contribution is -2.31. The van der Waals surface area contributed by atoms with Crippen LogP contribution in [0.4, 0.5) is 5.69 Å². The van der Waals surface area contributed by atoms with Crippen molar-refractivity contribution >= 4 is 33.4 Å². The van der Waals surface area contributed by atoms with E-state index in [1.807, 2.05) is 37.3 Å². The molecule has 0 bridgehead atoms. The van der Waals surface area contributed by atoms with Crippen LogP contribution >= 0.6 is 11.8 Å². The molecule has 1 heterocycles. The fraction of sp³-hybridized carbons (Fsp3) is 0.409. The summed E-state index contributed by atoms with van der Waals surface area (Å²) >= 11 is 1.57. The highest BCUT2D eigenvalue weighted by molar-refractivity contribution is 7.99. The van der Waals surface area contributed by atoms with Crippen LogP contribution in [0.2, 0.25) is 0 Å². The van der Waals surface area contributed by atoms with Crippen molar-refractivity contribution in [2.45, 2.75) is 48.5 Å². The number of sulfonamides is 1. The molecule has 1 aliphatic heterocycles. The molecular formula is C22H28N2O3S2. The first-order chi connectivity index (χ1) is 14.0. The van der Waals surface area contributed by atoms with E-state index < -0.39 is 10.0 Å². The van der Waals surface area contributed by atoms with Crippen LogP contribution in [0.5, 0.6) is 0 Å². The van der Waals surface area contributed by atoms with Gasteiger partial charge in [-0.05, 0) is 49.6 Å². The van der Waals surface area contributed by atoms with Gasteiger partial charge in [0.1, 0.15) is 0 Å². The number of hydrogen-bond donors (Lipinski definition) is 1. The first-order valence-corrected chi connectivity index (χ1v) is 12.5. The van der Waals surface area contributed by atoms with Gasteiger partial charge in [0.25, 0.3) is 0 Å². The number of carbonyl (C=O) groups excluding carboxylic acids is 1. The van der Waals surface area contributed by atoms with Gasteiger partial charge in [0, 0.05) is 24.5 Å². The lowest BCUT2D eigenvalue weighted by Gasteiger charge is -2.20. The Hall–Kier alpha value is -1.83. The van der Waals surface area contributed by atoms with E-state index in [1.54, 1.807) is 40.3 Å². The summed E-state index contributed by atoms with van der Waals surface area (Å²) in [7, 11) is -3.47. The molecular weight excluding hydrogens is 404 g/mol. The van der Waals surface area contributed by atoms with E-state index >= 15 is 0 Å². The summed E-state index contributed by atoms with van der Waals surface area (Å²) in [6, 6.07) is 16.5. The monoisotopic (exact) mass is 432 g/mol. The zero-order valence-electron chi connectivity index (χ0n) is 16.7. The summed E-state index contributed by atoms with van der Waals surface area (Å²) in [4.78, 5) is 12.7. The Balaban J connectivity index is 1.57. The second kappa shape index (κ2) is 10.3. The van der Waals surface area contributed by atoms with Crippen molar-refractivity contribution in [3.8, 4) is 0 Å². The number of rotatable bonds is 7. The van der Waals surface area contributed by atoms with Crippen LogP contribution in [0.3, 0.4) is 0 Å². The Morgan fingerprint density at radius 3 is 2.24 bits per heavy atom. The zero-order chi connectivity index (χ0) is 20.7. The molecule has 7 heteroatoms. The molecule has 156 valence electrons. The van der Waals surface area contributed by atoms with Crippen molar-refractivity contribution < 1.29 is 13.2 Å². The van der Waals surface area contributed by atoms with Gasteiger partial charge in [-0.1, -0.05) is 43.2 Å². The quantitative estimate of drug-likeness (QED) is 0.699. The molecule has 29 heavy (non-hydrogen) atoms. The number of thioether (sulfide) groups is 1. The van der Waals surface area contributed by atoms with Crippen LogP contribution in [0.25, 0.3) is 0 Å². The minimum atomic E-state index is -3.47. The molecule has 5 nitrogen and oxygen atoms in total. The van der Waals surface area contributed by atoms with E-state index in [4.69, 9.17) is 0 Å². The standard InChI is InChI=1S/C22H28N2O3S2/c1-18(28-17-19-9-5-4-6-10-19)22(25)23-20-11-13-21(14-12-20)29(26,27)24-15-7-2-3-8-16-24/h4-6,9-14,18H,2-3,7-8,15-17H2,1H3,(H,23,25). The van der Waals surface area contributed by atoms with Crippen molar-refractivity contribution in [3.63, 3.8) is 0 Å². The molecule has 3 rings (SSSR count). The summed E-state index contributed by atoms with van der Waals surface area (Å²) in [5, 5.41) is 2.67. The van der Waals surface area contributed by atoms with Gasteiger partial charge < -0.3 is 5.32 Å². The Kier molecular flexibility index (Phi) is 7.75. The number of carbonyl (C=O) groups is 1. The number of nitrogens with zero attached hydrogens (tertiary/aromatic N) is 1. The topological polar surface area (TPSA) is 66.5 Å². The van der Waals surface area contributed by atoms with Crippen LogP contribution in [0, 0.1) is 0 Å². The number of hydrogen-bond acceptors (Lipinski definition) is 4. The Morgan fingerprint density at radius 2 is 1.62 bits per heavy atom. The van der Waals surface area contributed by atoms with Crippen LogP contribution in [-0.4, -0.2) is 37.0 Å². The van der Waals surface area contributed by atoms with Crippen molar-refractivity contribution in [2.24, 2.45) is 0 Å². The molecule has 0 aromatic heterocycles. The highest BCUT2D eigenvalue weighted by Crippen LogP contribution is 2.23. The zero-order valence-corrected chi connectivity index (χ0v) is 18.3. The predicted molar refractivity (Wildman–Crippen MR) is 119 cm³/mol. The third-order valence-corrected chi connectivity index (χ3v) is 8.16. The number of amides is 1. The van der Waals surface area contributed by atoms with E-state index in [-0.39, 0.29) is 16.1 Å². The minimum absolute atomic E-state index is 0.0888. The van der Waals surface area contributed by atoms with Crippen molar-refractivity contribution in [3.05, 3.63) is 60.2 Å². The van der Waals surface area contributed by atoms with Crippen LogP contribution in [0.1, 0.15) is 38.2 Å². The highest BCUT2D eigenvalue weighted by atomic mass is 32.2. The Bertz CT molecular complexity index is 891. The second-order valence-electron chi connectivity index (χ2n) is 7.27. The first-order valence-electron chi connectivity index (χ1n) is 10.0. The maximum absolute atomic E-state index is 12.8. The fourth-order valence-corrected chi connectivity index (χ4v) is 5.62. The number of benzene rings is 2. The van der Waals surface area contributed by atoms with Gasteiger partial charge >= 0.3 is 0 Å². The molecule has 1 saturated heterocycles. The van der Waals surface area contributed by atoms with Gasteiger partial charge in [-0.25, -0.2) is 8.42 Å². The van der Waals surface area contributed by atoms with Gasteiger partial charge in [0.2, 0.25) is 15.9 Å². The lowest BCUT2D eigenvalue weighted by molar-refractivity contribution is -0.115. The predicted octanol–water partition coefficient (Wildman–Crippen LogP) is 4.51. The summed E-state index contributed by atoms with van der Waals surface area (Å²) in [5.41, 5.74) is 1.79. The Labute approximate surface area is 177 Å². The lowest BCUT2D eigenvalue weighted by atomic mass is 10.2. The van der Waals surface area contributed by atoms with E-state index in [9.17, 15) is 13.2 Å². The van der Waals surface area contributed by atoms with Gasteiger partial charge in [-0.15, -0.1) is 11.8 Å². The molecule has 1 fully saturated rings.